The average molecular weight is 485 g/mol. The van der Waals surface area contributed by atoms with E-state index in [-0.39, 0.29) is 36.2 Å². The highest BCUT2D eigenvalue weighted by atomic mass is 32.2. The van der Waals surface area contributed by atoms with Crippen LogP contribution in [-0.2, 0) is 10.0 Å². The molecular weight excluding hydrogens is 446 g/mol. The maximum absolute atomic E-state index is 13.4. The number of hydrogen-bond donors (Lipinski definition) is 0. The first-order valence-corrected chi connectivity index (χ1v) is 13.6. The zero-order valence-corrected chi connectivity index (χ0v) is 21.0. The van der Waals surface area contributed by atoms with Crippen molar-refractivity contribution in [2.24, 2.45) is 10.8 Å². The van der Waals surface area contributed by atoms with Crippen LogP contribution in [0.1, 0.15) is 59.3 Å². The first-order chi connectivity index (χ1) is 15.4. The number of alkyl halides is 2. The van der Waals surface area contributed by atoms with Crippen molar-refractivity contribution in [3.63, 3.8) is 0 Å². The van der Waals surface area contributed by atoms with Crippen molar-refractivity contribution in [2.45, 2.75) is 70.1 Å². The van der Waals surface area contributed by atoms with E-state index in [1.165, 1.54) is 6.20 Å². The van der Waals surface area contributed by atoms with E-state index in [9.17, 15) is 17.2 Å². The van der Waals surface area contributed by atoms with E-state index >= 15 is 0 Å². The SMILES string of the molecule is CC(C)(C)CN1CCC2(CC1)CCN(S(=O)(=O)c1ccc(N3CCC(F)(F)CC3)nc1)CC2. The van der Waals surface area contributed by atoms with Crippen LogP contribution in [0.5, 0.6) is 0 Å². The number of nitrogens with zero attached hydrogens (tertiary/aromatic N) is 4. The predicted molar refractivity (Wildman–Crippen MR) is 126 cm³/mol. The molecule has 6 nitrogen and oxygen atoms in total. The minimum atomic E-state index is -3.60. The van der Waals surface area contributed by atoms with E-state index in [1.54, 1.807) is 21.3 Å². The van der Waals surface area contributed by atoms with E-state index in [1.807, 2.05) is 0 Å². The number of rotatable bonds is 4. The molecule has 3 aliphatic rings. The summed E-state index contributed by atoms with van der Waals surface area (Å²) in [5.41, 5.74) is 0.559. The van der Waals surface area contributed by atoms with Crippen molar-refractivity contribution in [1.29, 1.82) is 0 Å². The monoisotopic (exact) mass is 484 g/mol. The summed E-state index contributed by atoms with van der Waals surface area (Å²) in [6.07, 6.45) is 5.08. The van der Waals surface area contributed by atoms with Crippen LogP contribution < -0.4 is 4.90 Å². The molecule has 1 aromatic rings. The molecule has 3 fully saturated rings. The highest BCUT2D eigenvalue weighted by molar-refractivity contribution is 7.89. The summed E-state index contributed by atoms with van der Waals surface area (Å²) in [7, 11) is -3.60. The molecule has 33 heavy (non-hydrogen) atoms. The van der Waals surface area contributed by atoms with Crippen LogP contribution in [0.25, 0.3) is 0 Å². The summed E-state index contributed by atoms with van der Waals surface area (Å²) >= 11 is 0. The number of pyridine rings is 1. The Morgan fingerprint density at radius 1 is 0.909 bits per heavy atom. The lowest BCUT2D eigenvalue weighted by atomic mass is 9.71. The van der Waals surface area contributed by atoms with Crippen molar-refractivity contribution in [3.05, 3.63) is 18.3 Å². The van der Waals surface area contributed by atoms with Gasteiger partial charge in [0.25, 0.3) is 5.92 Å². The quantitative estimate of drug-likeness (QED) is 0.640. The number of halogens is 2. The molecule has 4 rings (SSSR count). The normalized spacial score (nSPS) is 24.8. The van der Waals surface area contributed by atoms with Gasteiger partial charge in [0.15, 0.2) is 0 Å². The van der Waals surface area contributed by atoms with E-state index in [0.29, 0.717) is 24.3 Å². The van der Waals surface area contributed by atoms with Crippen molar-refractivity contribution in [2.75, 3.05) is 50.7 Å². The maximum Gasteiger partial charge on any atom is 0.251 e. The van der Waals surface area contributed by atoms with Gasteiger partial charge in [0, 0.05) is 51.8 Å². The molecule has 0 saturated carbocycles. The molecule has 1 aromatic heterocycles. The van der Waals surface area contributed by atoms with Crippen LogP contribution in [-0.4, -0.2) is 74.3 Å². The Hall–Kier alpha value is -1.32. The van der Waals surface area contributed by atoms with Crippen LogP contribution in [0.4, 0.5) is 14.6 Å². The number of anilines is 1. The number of piperidine rings is 3. The predicted octanol–water partition coefficient (Wildman–Crippen LogP) is 4.23. The smallest absolute Gasteiger partial charge is 0.251 e. The van der Waals surface area contributed by atoms with Gasteiger partial charge in [-0.25, -0.2) is 22.2 Å². The fourth-order valence-electron chi connectivity index (χ4n) is 5.48. The van der Waals surface area contributed by atoms with Gasteiger partial charge in [-0.05, 0) is 61.7 Å². The Bertz CT molecular complexity index is 903. The molecule has 3 aliphatic heterocycles. The zero-order valence-electron chi connectivity index (χ0n) is 20.2. The second-order valence-corrected chi connectivity index (χ2v) is 13.4. The van der Waals surface area contributed by atoms with Crippen LogP contribution in [0, 0.1) is 10.8 Å². The Labute approximate surface area is 197 Å². The third kappa shape index (κ3) is 5.85. The van der Waals surface area contributed by atoms with Gasteiger partial charge < -0.3 is 9.80 Å². The van der Waals surface area contributed by atoms with E-state index in [4.69, 9.17) is 0 Å². The first kappa shape index (κ1) is 24.8. The lowest BCUT2D eigenvalue weighted by Crippen LogP contribution is -2.49. The van der Waals surface area contributed by atoms with Gasteiger partial charge in [-0.2, -0.15) is 4.31 Å². The largest absolute Gasteiger partial charge is 0.356 e. The van der Waals surface area contributed by atoms with E-state index < -0.39 is 15.9 Å². The van der Waals surface area contributed by atoms with Gasteiger partial charge in [0.1, 0.15) is 10.7 Å². The minimum absolute atomic E-state index is 0.185. The van der Waals surface area contributed by atoms with Gasteiger partial charge in [-0.15, -0.1) is 0 Å². The van der Waals surface area contributed by atoms with Crippen molar-refractivity contribution < 1.29 is 17.2 Å². The van der Waals surface area contributed by atoms with Gasteiger partial charge in [-0.1, -0.05) is 20.8 Å². The lowest BCUT2D eigenvalue weighted by molar-refractivity contribution is -0.0221. The number of hydrogen-bond acceptors (Lipinski definition) is 5. The molecular formula is C24H38F2N4O2S. The van der Waals surface area contributed by atoms with Crippen molar-refractivity contribution in [1.82, 2.24) is 14.2 Å². The molecule has 0 atom stereocenters. The van der Waals surface area contributed by atoms with Crippen molar-refractivity contribution >= 4 is 15.8 Å². The Kier molecular flexibility index (Phi) is 6.79. The summed E-state index contributed by atoms with van der Waals surface area (Å²) in [4.78, 5) is 8.83. The van der Waals surface area contributed by atoms with Gasteiger partial charge in [0.05, 0.1) is 0 Å². The fourth-order valence-corrected chi connectivity index (χ4v) is 6.87. The van der Waals surface area contributed by atoms with Gasteiger partial charge in [0.2, 0.25) is 10.0 Å². The first-order valence-electron chi connectivity index (χ1n) is 12.2. The van der Waals surface area contributed by atoms with Gasteiger partial charge >= 0.3 is 0 Å². The summed E-state index contributed by atoms with van der Waals surface area (Å²) in [5, 5.41) is 0. The third-order valence-corrected chi connectivity index (χ3v) is 9.46. The van der Waals surface area contributed by atoms with Gasteiger partial charge in [-0.3, -0.25) is 0 Å². The Morgan fingerprint density at radius 2 is 1.48 bits per heavy atom. The average Bonchev–Trinajstić information content (AvgIpc) is 2.75. The molecule has 1 spiro atoms. The molecule has 0 bridgehead atoms. The molecule has 0 radical (unpaired) electrons. The molecule has 4 heterocycles. The fraction of sp³-hybridized carbons (Fsp3) is 0.792. The highest BCUT2D eigenvalue weighted by Crippen LogP contribution is 2.42. The summed E-state index contributed by atoms with van der Waals surface area (Å²) < 4.78 is 54.8. The lowest BCUT2D eigenvalue weighted by Gasteiger charge is -2.47. The number of aromatic nitrogens is 1. The third-order valence-electron chi connectivity index (χ3n) is 7.58. The molecule has 0 amide bonds. The molecule has 0 unspecified atom stereocenters. The standard InChI is InChI=1S/C24H38F2N4O2S/c1-22(2,3)19-28-12-6-23(7-13-28)8-16-30(17-9-23)33(31,32)20-4-5-21(27-18-20)29-14-10-24(25,26)11-15-29/h4-5,18H,6-17,19H2,1-3H3. The summed E-state index contributed by atoms with van der Waals surface area (Å²) in [5.74, 6) is -2.06. The zero-order chi connectivity index (χ0) is 23.9. The van der Waals surface area contributed by atoms with E-state index in [2.05, 4.69) is 30.7 Å². The molecule has 9 heteroatoms. The highest BCUT2D eigenvalue weighted by Gasteiger charge is 2.41. The number of sulfonamides is 1. The molecule has 186 valence electrons. The molecule has 0 aromatic carbocycles. The number of likely N-dealkylation sites (tertiary alicyclic amines) is 1. The molecule has 0 N–H and O–H groups in total. The second kappa shape index (κ2) is 9.04. The Morgan fingerprint density at radius 3 is 2.00 bits per heavy atom. The van der Waals surface area contributed by atoms with E-state index in [0.717, 1.165) is 45.3 Å². The van der Waals surface area contributed by atoms with Crippen molar-refractivity contribution in [3.8, 4) is 0 Å². The second-order valence-electron chi connectivity index (χ2n) is 11.4. The Balaban J connectivity index is 1.33. The van der Waals surface area contributed by atoms with Crippen LogP contribution in [0.15, 0.2) is 23.2 Å². The molecule has 3 saturated heterocycles. The minimum Gasteiger partial charge on any atom is -0.356 e. The molecule has 0 aliphatic carbocycles. The van der Waals surface area contributed by atoms with Crippen LogP contribution in [0.2, 0.25) is 0 Å². The summed E-state index contributed by atoms with van der Waals surface area (Å²) in [6, 6.07) is 3.21. The summed E-state index contributed by atoms with van der Waals surface area (Å²) in [6.45, 7) is 11.7. The maximum atomic E-state index is 13.4. The van der Waals surface area contributed by atoms with Crippen LogP contribution in [0.3, 0.4) is 0 Å². The topological polar surface area (TPSA) is 56.8 Å². The van der Waals surface area contributed by atoms with Crippen LogP contribution >= 0.6 is 0 Å².